The van der Waals surface area contributed by atoms with Crippen LogP contribution in [0.3, 0.4) is 0 Å². The highest BCUT2D eigenvalue weighted by molar-refractivity contribution is 5.87. The second-order valence-corrected chi connectivity index (χ2v) is 9.26. The number of nitrogens with one attached hydrogen (secondary N) is 1. The number of aromatic nitrogens is 1. The zero-order chi connectivity index (χ0) is 26.8. The topological polar surface area (TPSA) is 105 Å². The number of halogens is 2. The third-order valence-electron chi connectivity index (χ3n) is 6.48. The number of carboxylic acid groups (broad SMARTS) is 1. The molecule has 10 heteroatoms. The molecule has 2 atom stereocenters. The maximum absolute atomic E-state index is 14.3. The van der Waals surface area contributed by atoms with Crippen LogP contribution >= 0.6 is 0 Å². The summed E-state index contributed by atoms with van der Waals surface area (Å²) < 4.78 is 39.4. The molecule has 8 nitrogen and oxygen atoms in total. The highest BCUT2D eigenvalue weighted by Crippen LogP contribution is 2.27. The van der Waals surface area contributed by atoms with Gasteiger partial charge in [-0.2, -0.15) is 4.98 Å². The zero-order valence-corrected chi connectivity index (χ0v) is 20.5. The molecule has 0 spiro atoms. The number of alkyl halides is 1. The highest BCUT2D eigenvalue weighted by Gasteiger charge is 2.35. The quantitative estimate of drug-likeness (QED) is 0.325. The van der Waals surface area contributed by atoms with Crippen LogP contribution in [0.25, 0.3) is 11.1 Å². The molecule has 0 radical (unpaired) electrons. The summed E-state index contributed by atoms with van der Waals surface area (Å²) in [6.45, 7) is 1.91. The summed E-state index contributed by atoms with van der Waals surface area (Å²) in [5.74, 6) is -1.22. The molecule has 3 aromatic carbocycles. The van der Waals surface area contributed by atoms with Crippen LogP contribution in [0.2, 0.25) is 0 Å². The number of oxazole rings is 1. The lowest BCUT2D eigenvalue weighted by Gasteiger charge is -2.24. The van der Waals surface area contributed by atoms with Crippen LogP contribution in [0.15, 0.2) is 65.1 Å². The average Bonchev–Trinajstić information content (AvgIpc) is 3.47. The molecule has 2 N–H and O–H groups in total. The largest absolute Gasteiger partial charge is 0.491 e. The molecule has 0 bridgehead atoms. The van der Waals surface area contributed by atoms with Crippen LogP contribution in [0, 0.1) is 12.7 Å². The lowest BCUT2D eigenvalue weighted by atomic mass is 10.1. The first-order valence-electron chi connectivity index (χ1n) is 12.1. The van der Waals surface area contributed by atoms with Gasteiger partial charge in [-0.15, -0.1) is 0 Å². The van der Waals surface area contributed by atoms with Gasteiger partial charge in [0.05, 0.1) is 24.6 Å². The van der Waals surface area contributed by atoms with Gasteiger partial charge in [-0.25, -0.2) is 13.6 Å². The predicted molar refractivity (Wildman–Crippen MR) is 136 cm³/mol. The minimum Gasteiger partial charge on any atom is -0.491 e. The number of carbonyl (C=O) groups is 2. The van der Waals surface area contributed by atoms with Crippen LogP contribution in [-0.2, 0) is 11.2 Å². The first kappa shape index (κ1) is 25.2. The number of aryl methyl sites for hydroxylation is 1. The van der Waals surface area contributed by atoms with E-state index in [0.717, 1.165) is 5.56 Å². The van der Waals surface area contributed by atoms with Gasteiger partial charge in [0.2, 0.25) is 5.91 Å². The van der Waals surface area contributed by atoms with Crippen LogP contribution in [0.5, 0.6) is 5.75 Å². The molecular weight excluding hydrogens is 496 g/mol. The fourth-order valence-electron chi connectivity index (χ4n) is 4.46. The van der Waals surface area contributed by atoms with Crippen molar-refractivity contribution in [1.29, 1.82) is 0 Å². The smallest absolute Gasteiger partial charge is 0.335 e. The van der Waals surface area contributed by atoms with E-state index in [1.807, 2.05) is 6.92 Å². The van der Waals surface area contributed by atoms with Gasteiger partial charge < -0.3 is 24.5 Å². The molecule has 4 aromatic rings. The van der Waals surface area contributed by atoms with Crippen molar-refractivity contribution in [1.82, 2.24) is 9.88 Å². The summed E-state index contributed by atoms with van der Waals surface area (Å²) in [5.41, 5.74) is 3.21. The Morgan fingerprint density at radius 2 is 1.95 bits per heavy atom. The van der Waals surface area contributed by atoms with Crippen LogP contribution in [0.1, 0.15) is 27.9 Å². The second kappa shape index (κ2) is 10.5. The molecule has 196 valence electrons. The van der Waals surface area contributed by atoms with Crippen molar-refractivity contribution in [3.8, 4) is 5.75 Å². The van der Waals surface area contributed by atoms with Crippen LogP contribution in [0.4, 0.5) is 20.5 Å². The van der Waals surface area contributed by atoms with Gasteiger partial charge in [0, 0.05) is 12.1 Å². The number of carbonyl (C=O) groups excluding carboxylic acids is 1. The molecule has 1 amide bonds. The van der Waals surface area contributed by atoms with Gasteiger partial charge in [-0.3, -0.25) is 4.79 Å². The molecular formula is C28H25F2N3O5. The summed E-state index contributed by atoms with van der Waals surface area (Å²) in [6.07, 6.45) is -0.952. The van der Waals surface area contributed by atoms with Gasteiger partial charge in [-0.05, 0) is 66.6 Å². The molecule has 5 rings (SSSR count). The van der Waals surface area contributed by atoms with Crippen molar-refractivity contribution in [2.45, 2.75) is 32.0 Å². The van der Waals surface area contributed by atoms with Crippen molar-refractivity contribution in [3.05, 3.63) is 83.2 Å². The van der Waals surface area contributed by atoms with Gasteiger partial charge >= 0.3 is 5.97 Å². The first-order valence-corrected chi connectivity index (χ1v) is 12.1. The second-order valence-electron chi connectivity index (χ2n) is 9.26. The summed E-state index contributed by atoms with van der Waals surface area (Å²) in [5, 5.41) is 12.0. The molecule has 0 saturated carbocycles. The van der Waals surface area contributed by atoms with Gasteiger partial charge in [0.15, 0.2) is 5.58 Å². The summed E-state index contributed by atoms with van der Waals surface area (Å²) in [4.78, 5) is 30.0. The molecule has 0 unspecified atom stereocenters. The number of nitrogens with zero attached hydrogens (tertiary/aromatic N) is 2. The number of rotatable bonds is 8. The Balaban J connectivity index is 1.24. The van der Waals surface area contributed by atoms with E-state index in [4.69, 9.17) is 14.3 Å². The zero-order valence-electron chi connectivity index (χ0n) is 20.5. The van der Waals surface area contributed by atoms with Gasteiger partial charge in [0.1, 0.15) is 29.9 Å². The Bertz CT molecular complexity index is 1490. The number of fused-ring (bicyclic) bond motifs is 1. The Hall–Kier alpha value is -4.47. The minimum absolute atomic E-state index is 0.0174. The van der Waals surface area contributed by atoms with Crippen molar-refractivity contribution in [2.75, 3.05) is 18.5 Å². The number of likely N-dealkylation sites (tertiary alicyclic amines) is 1. The van der Waals surface area contributed by atoms with Crippen LogP contribution in [-0.4, -0.2) is 52.2 Å². The monoisotopic (exact) mass is 521 g/mol. The van der Waals surface area contributed by atoms with Gasteiger partial charge in [0.25, 0.3) is 6.01 Å². The van der Waals surface area contributed by atoms with Gasteiger partial charge in [-0.1, -0.05) is 12.1 Å². The fourth-order valence-corrected chi connectivity index (χ4v) is 4.46. The third-order valence-corrected chi connectivity index (χ3v) is 6.48. The summed E-state index contributed by atoms with van der Waals surface area (Å²) in [7, 11) is 0. The van der Waals surface area contributed by atoms with E-state index in [0.29, 0.717) is 28.1 Å². The number of benzene rings is 3. The molecule has 1 aliphatic rings. The van der Waals surface area contributed by atoms with E-state index in [9.17, 15) is 18.4 Å². The molecule has 0 aliphatic carbocycles. The lowest BCUT2D eigenvalue weighted by molar-refractivity contribution is -0.132. The normalized spacial score (nSPS) is 17.1. The SMILES string of the molecule is Cc1ccc(F)cc1Nc1nc2ccc(CC(=O)N3C[C@@H](F)C[C@H]3COc3ccc(C(=O)O)cc3)cc2o1. The van der Waals surface area contributed by atoms with Crippen molar-refractivity contribution in [2.24, 2.45) is 0 Å². The number of hydrogen-bond donors (Lipinski definition) is 2. The van der Waals surface area contributed by atoms with Crippen molar-refractivity contribution >= 4 is 34.7 Å². The summed E-state index contributed by atoms with van der Waals surface area (Å²) >= 11 is 0. The number of hydrogen-bond acceptors (Lipinski definition) is 6. The Morgan fingerprint density at radius 3 is 2.71 bits per heavy atom. The molecule has 38 heavy (non-hydrogen) atoms. The van der Waals surface area contributed by atoms with E-state index in [-0.39, 0.29) is 49.3 Å². The summed E-state index contributed by atoms with van der Waals surface area (Å²) in [6, 6.07) is 15.2. The Morgan fingerprint density at radius 1 is 1.16 bits per heavy atom. The van der Waals surface area contributed by atoms with Crippen LogP contribution < -0.4 is 10.1 Å². The molecule has 1 aliphatic heterocycles. The molecule has 2 heterocycles. The van der Waals surface area contributed by atoms with E-state index in [2.05, 4.69) is 10.3 Å². The number of amides is 1. The maximum atomic E-state index is 14.3. The average molecular weight is 522 g/mol. The number of anilines is 2. The number of aromatic carboxylic acids is 1. The van der Waals surface area contributed by atoms with Crippen molar-refractivity contribution < 1.29 is 32.6 Å². The van der Waals surface area contributed by atoms with E-state index in [1.54, 1.807) is 24.3 Å². The number of carboxylic acids is 1. The highest BCUT2D eigenvalue weighted by atomic mass is 19.1. The molecule has 1 aromatic heterocycles. The fraction of sp³-hybridized carbons (Fsp3) is 0.250. The van der Waals surface area contributed by atoms with E-state index < -0.39 is 18.2 Å². The predicted octanol–water partition coefficient (Wildman–Crippen LogP) is 5.28. The minimum atomic E-state index is -1.15. The third kappa shape index (κ3) is 5.59. The number of ether oxygens (including phenoxy) is 1. The molecule has 1 fully saturated rings. The maximum Gasteiger partial charge on any atom is 0.335 e. The van der Waals surface area contributed by atoms with Crippen molar-refractivity contribution in [3.63, 3.8) is 0 Å². The Kier molecular flexibility index (Phi) is 6.95. The van der Waals surface area contributed by atoms with E-state index >= 15 is 0 Å². The Labute approximate surface area is 216 Å². The molecule has 1 saturated heterocycles. The lowest BCUT2D eigenvalue weighted by Crippen LogP contribution is -2.40. The standard InChI is InChI=1S/C28H25F2N3O5/c1-16-2-6-19(29)13-24(16)32-28-31-23-9-3-17(10-25(23)38-28)11-26(34)33-14-20(30)12-21(33)15-37-22-7-4-18(5-8-22)27(35)36/h2-10,13,20-21H,11-12,14-15H2,1H3,(H,31,32)(H,35,36)/t20-,21-/m0/s1. The first-order chi connectivity index (χ1) is 18.2. The van der Waals surface area contributed by atoms with E-state index in [1.165, 1.54) is 41.3 Å².